The summed E-state index contributed by atoms with van der Waals surface area (Å²) >= 11 is 0. The molecule has 0 aromatic heterocycles. The molecular weight excluding hydrogens is 254 g/mol. The van der Waals surface area contributed by atoms with Crippen LogP contribution in [0.5, 0.6) is 0 Å². The molecule has 0 saturated heterocycles. The summed E-state index contributed by atoms with van der Waals surface area (Å²) < 4.78 is 0. The molecule has 0 spiro atoms. The van der Waals surface area contributed by atoms with Gasteiger partial charge in [-0.1, -0.05) is 47.0 Å². The van der Waals surface area contributed by atoms with Crippen LogP contribution in [0.1, 0.15) is 66.2 Å². The first-order chi connectivity index (χ1) is 8.63. The minimum absolute atomic E-state index is 0.948. The molecule has 1 aliphatic rings. The minimum atomic E-state index is 0.948. The highest BCUT2D eigenvalue weighted by molar-refractivity contribution is 8.02. The molecule has 1 fully saturated rings. The van der Waals surface area contributed by atoms with E-state index < -0.39 is 0 Å². The fourth-order valence-corrected chi connectivity index (χ4v) is 5.40. The summed E-state index contributed by atoms with van der Waals surface area (Å²) in [6.45, 7) is 9.78. The van der Waals surface area contributed by atoms with E-state index in [9.17, 15) is 0 Å². The summed E-state index contributed by atoms with van der Waals surface area (Å²) in [6, 6.07) is 0. The molecule has 0 heterocycles. The lowest BCUT2D eigenvalue weighted by Gasteiger charge is -2.23. The molecule has 0 radical (unpaired) electrons. The molecule has 7 atom stereocenters. The van der Waals surface area contributed by atoms with Gasteiger partial charge in [0, 0.05) is 0 Å². The molecule has 0 N–H and O–H groups in total. The van der Waals surface area contributed by atoms with E-state index >= 15 is 0 Å². The Morgan fingerprint density at radius 3 is 2.56 bits per heavy atom. The SMILES string of the molecule is CCC[C@@H]1C[C@H](C[C@H](C)CCPP)[C@H](C)[C@H]1CC. The Morgan fingerprint density at radius 1 is 1.28 bits per heavy atom. The highest BCUT2D eigenvalue weighted by Gasteiger charge is 2.38. The Balaban J connectivity index is 2.46. The fraction of sp³-hybridized carbons (Fsp3) is 1.00. The number of rotatable bonds is 8. The molecule has 0 amide bonds. The highest BCUT2D eigenvalue weighted by Crippen LogP contribution is 2.47. The second-order valence-electron chi connectivity index (χ2n) is 6.56. The van der Waals surface area contributed by atoms with E-state index in [4.69, 9.17) is 0 Å². The van der Waals surface area contributed by atoms with Crippen molar-refractivity contribution < 1.29 is 0 Å². The summed E-state index contributed by atoms with van der Waals surface area (Å²) in [6.07, 6.45) is 10.1. The average molecular weight is 288 g/mol. The lowest BCUT2D eigenvalue weighted by atomic mass is 9.82. The quantitative estimate of drug-likeness (QED) is 0.483. The van der Waals surface area contributed by atoms with Gasteiger partial charge >= 0.3 is 0 Å². The lowest BCUT2D eigenvalue weighted by molar-refractivity contribution is 0.266. The summed E-state index contributed by atoms with van der Waals surface area (Å²) in [5.41, 5.74) is 0. The van der Waals surface area contributed by atoms with E-state index in [1.165, 1.54) is 44.7 Å². The van der Waals surface area contributed by atoms with Crippen LogP contribution in [0.3, 0.4) is 0 Å². The molecular formula is C16H34P2. The Hall–Kier alpha value is 0.860. The molecule has 0 bridgehead atoms. The summed E-state index contributed by atoms with van der Waals surface area (Å²) in [7, 11) is 3.96. The molecule has 0 nitrogen and oxygen atoms in total. The normalized spacial score (nSPS) is 34.5. The number of hydrogen-bond acceptors (Lipinski definition) is 0. The predicted molar refractivity (Wildman–Crippen MR) is 90.7 cm³/mol. The van der Waals surface area contributed by atoms with Crippen LogP contribution in [0.2, 0.25) is 0 Å². The van der Waals surface area contributed by atoms with Crippen molar-refractivity contribution in [3.8, 4) is 0 Å². The van der Waals surface area contributed by atoms with Crippen molar-refractivity contribution >= 4 is 17.2 Å². The first-order valence-electron chi connectivity index (χ1n) is 8.07. The third kappa shape index (κ3) is 4.76. The van der Waals surface area contributed by atoms with Gasteiger partial charge in [-0.15, -0.1) is 17.2 Å². The zero-order chi connectivity index (χ0) is 13.5. The van der Waals surface area contributed by atoms with Crippen molar-refractivity contribution in [3.63, 3.8) is 0 Å². The van der Waals surface area contributed by atoms with Crippen molar-refractivity contribution in [1.29, 1.82) is 0 Å². The maximum atomic E-state index is 2.89. The summed E-state index contributed by atoms with van der Waals surface area (Å²) in [5.74, 6) is 5.01. The van der Waals surface area contributed by atoms with Gasteiger partial charge in [0.15, 0.2) is 0 Å². The highest BCUT2D eigenvalue weighted by atomic mass is 32.0. The van der Waals surface area contributed by atoms with Crippen LogP contribution in [0.15, 0.2) is 0 Å². The molecule has 0 aromatic carbocycles. The van der Waals surface area contributed by atoms with Gasteiger partial charge in [0.25, 0.3) is 0 Å². The first-order valence-corrected chi connectivity index (χ1v) is 11.1. The van der Waals surface area contributed by atoms with Crippen LogP contribution in [0, 0.1) is 29.6 Å². The Labute approximate surface area is 119 Å². The zero-order valence-electron chi connectivity index (χ0n) is 12.9. The topological polar surface area (TPSA) is 0 Å². The Bertz CT molecular complexity index is 217. The van der Waals surface area contributed by atoms with E-state index in [0.29, 0.717) is 0 Å². The maximum absolute atomic E-state index is 2.89. The van der Waals surface area contributed by atoms with Crippen molar-refractivity contribution in [2.45, 2.75) is 66.2 Å². The van der Waals surface area contributed by atoms with Crippen molar-refractivity contribution in [1.82, 2.24) is 0 Å². The second-order valence-corrected chi connectivity index (χ2v) is 8.69. The number of hydrogen-bond donors (Lipinski definition) is 0. The van der Waals surface area contributed by atoms with E-state index in [-0.39, 0.29) is 0 Å². The van der Waals surface area contributed by atoms with E-state index in [1.54, 1.807) is 0 Å². The van der Waals surface area contributed by atoms with Gasteiger partial charge in [-0.05, 0) is 55.0 Å². The van der Waals surface area contributed by atoms with Gasteiger partial charge in [0.2, 0.25) is 0 Å². The van der Waals surface area contributed by atoms with E-state index in [1.807, 2.05) is 0 Å². The molecule has 0 aromatic rings. The van der Waals surface area contributed by atoms with E-state index in [2.05, 4.69) is 36.6 Å². The Kier molecular flexibility index (Phi) is 8.38. The molecule has 2 unspecified atom stereocenters. The third-order valence-electron chi connectivity index (χ3n) is 5.25. The summed E-state index contributed by atoms with van der Waals surface area (Å²) in [4.78, 5) is 0. The molecule has 1 saturated carbocycles. The van der Waals surface area contributed by atoms with Gasteiger partial charge in [-0.25, -0.2) is 0 Å². The Morgan fingerprint density at radius 2 is 2.00 bits per heavy atom. The molecule has 1 aliphatic carbocycles. The van der Waals surface area contributed by atoms with Gasteiger partial charge in [-0.3, -0.25) is 0 Å². The van der Waals surface area contributed by atoms with Gasteiger partial charge in [-0.2, -0.15) is 0 Å². The molecule has 2 heteroatoms. The van der Waals surface area contributed by atoms with Crippen LogP contribution >= 0.6 is 17.2 Å². The predicted octanol–water partition coefficient (Wildman–Crippen LogP) is 5.97. The summed E-state index contributed by atoms with van der Waals surface area (Å²) in [5, 5.41) is 0. The molecule has 108 valence electrons. The molecule has 0 aliphatic heterocycles. The van der Waals surface area contributed by atoms with Crippen LogP contribution in [0.4, 0.5) is 0 Å². The smallest absolute Gasteiger partial charge is 0.0317 e. The van der Waals surface area contributed by atoms with Crippen molar-refractivity contribution in [2.75, 3.05) is 6.16 Å². The zero-order valence-corrected chi connectivity index (χ0v) is 15.1. The third-order valence-corrected chi connectivity index (χ3v) is 6.69. The maximum Gasteiger partial charge on any atom is -0.0317 e. The molecule has 1 rings (SSSR count). The fourth-order valence-electron chi connectivity index (χ4n) is 4.24. The van der Waals surface area contributed by atoms with Gasteiger partial charge in [0.05, 0.1) is 0 Å². The monoisotopic (exact) mass is 288 g/mol. The van der Waals surface area contributed by atoms with Crippen molar-refractivity contribution in [2.24, 2.45) is 29.6 Å². The lowest BCUT2D eigenvalue weighted by Crippen LogP contribution is -2.15. The standard InChI is InChI=1S/C16H34P2/c1-5-7-14-11-15(13(4)16(14)6-2)10-12(3)8-9-18-17/h12-16,18H,5-11,17H2,1-4H3/t12-,13+,14-,15+,16-/m1/s1. The van der Waals surface area contributed by atoms with Crippen LogP contribution in [-0.2, 0) is 0 Å². The van der Waals surface area contributed by atoms with Crippen molar-refractivity contribution in [3.05, 3.63) is 0 Å². The van der Waals surface area contributed by atoms with Gasteiger partial charge in [0.1, 0.15) is 0 Å². The van der Waals surface area contributed by atoms with Gasteiger partial charge < -0.3 is 0 Å². The molecule has 18 heavy (non-hydrogen) atoms. The van der Waals surface area contributed by atoms with Crippen LogP contribution < -0.4 is 0 Å². The van der Waals surface area contributed by atoms with Crippen LogP contribution in [0.25, 0.3) is 0 Å². The second kappa shape index (κ2) is 8.92. The minimum Gasteiger partial charge on any atom is -0.114 e. The van der Waals surface area contributed by atoms with Crippen LogP contribution in [-0.4, -0.2) is 6.16 Å². The first kappa shape index (κ1) is 16.9. The largest absolute Gasteiger partial charge is 0.114 e. The average Bonchev–Trinajstić information content (AvgIpc) is 2.63. The van der Waals surface area contributed by atoms with E-state index in [0.717, 1.165) is 37.9 Å².